The predicted molar refractivity (Wildman–Crippen MR) is 37.6 cm³/mol. The van der Waals surface area contributed by atoms with Crippen molar-refractivity contribution >= 4 is 0 Å². The Morgan fingerprint density at radius 1 is 1.40 bits per heavy atom. The van der Waals surface area contributed by atoms with Gasteiger partial charge < -0.3 is 9.47 Å². The lowest BCUT2D eigenvalue weighted by atomic mass is 10.2. The van der Waals surface area contributed by atoms with Crippen molar-refractivity contribution in [3.63, 3.8) is 0 Å². The van der Waals surface area contributed by atoms with Crippen molar-refractivity contribution in [1.29, 1.82) is 0 Å². The van der Waals surface area contributed by atoms with E-state index in [1.807, 2.05) is 0 Å². The SMILES string of the molecule is C[C@@H]1CO[C@@](C)(C2CC2)O1. The fourth-order valence-electron chi connectivity index (χ4n) is 1.57. The van der Waals surface area contributed by atoms with Gasteiger partial charge in [0.05, 0.1) is 12.7 Å². The Labute approximate surface area is 61.5 Å². The van der Waals surface area contributed by atoms with Crippen LogP contribution in [-0.4, -0.2) is 18.5 Å². The van der Waals surface area contributed by atoms with Crippen molar-refractivity contribution < 1.29 is 9.47 Å². The minimum atomic E-state index is -0.223. The molecule has 1 heterocycles. The Kier molecular flexibility index (Phi) is 1.29. The van der Waals surface area contributed by atoms with Gasteiger partial charge in [-0.3, -0.25) is 0 Å². The molecule has 10 heavy (non-hydrogen) atoms. The molecule has 0 aromatic carbocycles. The van der Waals surface area contributed by atoms with E-state index in [9.17, 15) is 0 Å². The topological polar surface area (TPSA) is 18.5 Å². The van der Waals surface area contributed by atoms with Gasteiger partial charge in [0.15, 0.2) is 5.79 Å². The van der Waals surface area contributed by atoms with E-state index in [1.54, 1.807) is 0 Å². The summed E-state index contributed by atoms with van der Waals surface area (Å²) in [5, 5.41) is 0. The fourth-order valence-corrected chi connectivity index (χ4v) is 1.57. The fraction of sp³-hybridized carbons (Fsp3) is 1.00. The highest BCUT2D eigenvalue weighted by molar-refractivity contribution is 4.89. The van der Waals surface area contributed by atoms with Crippen molar-refractivity contribution in [3.8, 4) is 0 Å². The Morgan fingerprint density at radius 3 is 2.50 bits per heavy atom. The molecule has 1 saturated heterocycles. The molecule has 2 nitrogen and oxygen atoms in total. The first-order chi connectivity index (χ1) is 4.71. The van der Waals surface area contributed by atoms with Gasteiger partial charge in [0, 0.05) is 5.92 Å². The molecule has 2 heteroatoms. The van der Waals surface area contributed by atoms with Gasteiger partial charge in [0.1, 0.15) is 0 Å². The highest BCUT2D eigenvalue weighted by Gasteiger charge is 2.47. The molecule has 1 saturated carbocycles. The Balaban J connectivity index is 2.01. The zero-order valence-corrected chi connectivity index (χ0v) is 6.59. The van der Waals surface area contributed by atoms with Crippen molar-refractivity contribution in [2.75, 3.05) is 6.61 Å². The largest absolute Gasteiger partial charge is 0.347 e. The molecule has 2 atom stereocenters. The maximum atomic E-state index is 5.65. The lowest BCUT2D eigenvalue weighted by molar-refractivity contribution is -0.167. The molecule has 58 valence electrons. The normalized spacial score (nSPS) is 48.0. The monoisotopic (exact) mass is 142 g/mol. The van der Waals surface area contributed by atoms with Crippen LogP contribution in [0.3, 0.4) is 0 Å². The van der Waals surface area contributed by atoms with E-state index < -0.39 is 0 Å². The summed E-state index contributed by atoms with van der Waals surface area (Å²) in [6, 6.07) is 0. The Morgan fingerprint density at radius 2 is 2.10 bits per heavy atom. The number of hydrogen-bond donors (Lipinski definition) is 0. The number of hydrogen-bond acceptors (Lipinski definition) is 2. The van der Waals surface area contributed by atoms with Crippen molar-refractivity contribution in [2.24, 2.45) is 5.92 Å². The summed E-state index contributed by atoms with van der Waals surface area (Å²) < 4.78 is 11.2. The molecule has 0 amide bonds. The molecule has 0 unspecified atom stereocenters. The third-order valence-corrected chi connectivity index (χ3v) is 2.36. The van der Waals surface area contributed by atoms with Crippen LogP contribution in [0.4, 0.5) is 0 Å². The van der Waals surface area contributed by atoms with Crippen LogP contribution in [-0.2, 0) is 9.47 Å². The van der Waals surface area contributed by atoms with Gasteiger partial charge in [-0.05, 0) is 26.7 Å². The summed E-state index contributed by atoms with van der Waals surface area (Å²) in [4.78, 5) is 0. The highest BCUT2D eigenvalue weighted by Crippen LogP contribution is 2.45. The smallest absolute Gasteiger partial charge is 0.168 e. The van der Waals surface area contributed by atoms with Crippen molar-refractivity contribution in [1.82, 2.24) is 0 Å². The van der Waals surface area contributed by atoms with E-state index in [1.165, 1.54) is 12.8 Å². The summed E-state index contributed by atoms with van der Waals surface area (Å²) in [7, 11) is 0. The molecule has 2 rings (SSSR count). The lowest BCUT2D eigenvalue weighted by Crippen LogP contribution is -2.28. The lowest BCUT2D eigenvalue weighted by Gasteiger charge is -2.21. The average Bonchev–Trinajstić information content (AvgIpc) is 2.62. The van der Waals surface area contributed by atoms with Crippen LogP contribution >= 0.6 is 0 Å². The van der Waals surface area contributed by atoms with Gasteiger partial charge >= 0.3 is 0 Å². The minimum Gasteiger partial charge on any atom is -0.347 e. The van der Waals surface area contributed by atoms with Gasteiger partial charge in [-0.2, -0.15) is 0 Å². The Bertz CT molecular complexity index is 142. The molecular weight excluding hydrogens is 128 g/mol. The van der Waals surface area contributed by atoms with Gasteiger partial charge in [-0.15, -0.1) is 0 Å². The zero-order chi connectivity index (χ0) is 7.19. The molecule has 2 aliphatic rings. The van der Waals surface area contributed by atoms with Crippen LogP contribution in [0.5, 0.6) is 0 Å². The quantitative estimate of drug-likeness (QED) is 0.553. The summed E-state index contributed by atoms with van der Waals surface area (Å²) in [6.45, 7) is 4.90. The van der Waals surface area contributed by atoms with E-state index in [2.05, 4.69) is 13.8 Å². The molecule has 0 bridgehead atoms. The second-order valence-electron chi connectivity index (χ2n) is 3.53. The van der Waals surface area contributed by atoms with Gasteiger partial charge in [-0.1, -0.05) is 0 Å². The Hall–Kier alpha value is -0.0800. The molecule has 0 spiro atoms. The summed E-state index contributed by atoms with van der Waals surface area (Å²) >= 11 is 0. The van der Waals surface area contributed by atoms with Crippen LogP contribution in [0.25, 0.3) is 0 Å². The molecule has 0 radical (unpaired) electrons. The van der Waals surface area contributed by atoms with Crippen molar-refractivity contribution in [3.05, 3.63) is 0 Å². The maximum Gasteiger partial charge on any atom is 0.168 e. The summed E-state index contributed by atoms with van der Waals surface area (Å²) in [5.74, 6) is 0.455. The van der Waals surface area contributed by atoms with Crippen LogP contribution in [0.15, 0.2) is 0 Å². The van der Waals surface area contributed by atoms with E-state index in [0.717, 1.165) is 6.61 Å². The molecule has 2 fully saturated rings. The van der Waals surface area contributed by atoms with Gasteiger partial charge in [-0.25, -0.2) is 0 Å². The van der Waals surface area contributed by atoms with Gasteiger partial charge in [0.25, 0.3) is 0 Å². The molecule has 0 N–H and O–H groups in total. The molecule has 0 aromatic rings. The van der Waals surface area contributed by atoms with E-state index in [4.69, 9.17) is 9.47 Å². The molecular formula is C8H14O2. The summed E-state index contributed by atoms with van der Waals surface area (Å²) in [6.07, 6.45) is 2.86. The first-order valence-corrected chi connectivity index (χ1v) is 4.02. The molecule has 0 aromatic heterocycles. The standard InChI is InChI=1S/C8H14O2/c1-6-5-9-8(2,10-6)7-3-4-7/h6-7H,3-5H2,1-2H3/t6-,8-/m1/s1. The van der Waals surface area contributed by atoms with E-state index >= 15 is 0 Å². The van der Waals surface area contributed by atoms with Crippen LogP contribution < -0.4 is 0 Å². The second-order valence-corrected chi connectivity index (χ2v) is 3.53. The third-order valence-electron chi connectivity index (χ3n) is 2.36. The molecule has 1 aliphatic heterocycles. The zero-order valence-electron chi connectivity index (χ0n) is 6.59. The number of rotatable bonds is 1. The van der Waals surface area contributed by atoms with E-state index in [0.29, 0.717) is 12.0 Å². The van der Waals surface area contributed by atoms with Crippen LogP contribution in [0.2, 0.25) is 0 Å². The summed E-state index contributed by atoms with van der Waals surface area (Å²) in [5.41, 5.74) is 0. The van der Waals surface area contributed by atoms with Crippen LogP contribution in [0, 0.1) is 5.92 Å². The first kappa shape index (κ1) is 6.62. The highest BCUT2D eigenvalue weighted by atomic mass is 16.7. The van der Waals surface area contributed by atoms with Crippen LogP contribution in [0.1, 0.15) is 26.7 Å². The van der Waals surface area contributed by atoms with Gasteiger partial charge in [0.2, 0.25) is 0 Å². The second kappa shape index (κ2) is 1.95. The van der Waals surface area contributed by atoms with E-state index in [-0.39, 0.29) is 5.79 Å². The van der Waals surface area contributed by atoms with Crippen molar-refractivity contribution in [2.45, 2.75) is 38.6 Å². The third kappa shape index (κ3) is 0.956. The molecule has 1 aliphatic carbocycles. The number of ether oxygens (including phenoxy) is 2. The maximum absolute atomic E-state index is 5.65. The first-order valence-electron chi connectivity index (χ1n) is 4.02. The predicted octanol–water partition coefficient (Wildman–Crippen LogP) is 1.55. The minimum absolute atomic E-state index is 0.223. The average molecular weight is 142 g/mol.